The maximum Gasteiger partial charge on any atom is 0.0389 e. The Balaban J connectivity index is 1.62. The summed E-state index contributed by atoms with van der Waals surface area (Å²) in [5.74, 6) is 0. The first-order valence-electron chi connectivity index (χ1n) is 6.21. The second-order valence-corrected chi connectivity index (χ2v) is 7.32. The number of nitrogens with one attached hydrogen (secondary N) is 1. The van der Waals surface area contributed by atoms with Gasteiger partial charge in [-0.05, 0) is 41.3 Å². The van der Waals surface area contributed by atoms with Crippen molar-refractivity contribution in [3.05, 3.63) is 56.2 Å². The molecule has 3 heterocycles. The smallest absolute Gasteiger partial charge is 0.0389 e. The van der Waals surface area contributed by atoms with Crippen molar-refractivity contribution >= 4 is 34.0 Å². The van der Waals surface area contributed by atoms with Crippen molar-refractivity contribution in [2.45, 2.75) is 19.5 Å². The summed E-state index contributed by atoms with van der Waals surface area (Å²) in [6.45, 7) is 3.16. The summed E-state index contributed by atoms with van der Waals surface area (Å²) in [4.78, 5) is 4.15. The molecule has 19 heavy (non-hydrogen) atoms. The van der Waals surface area contributed by atoms with Gasteiger partial charge in [0.25, 0.3) is 0 Å². The highest BCUT2D eigenvalue weighted by Crippen LogP contribution is 2.29. The van der Waals surface area contributed by atoms with Crippen LogP contribution in [0.3, 0.4) is 0 Å². The van der Waals surface area contributed by atoms with Gasteiger partial charge in [-0.2, -0.15) is 0 Å². The lowest BCUT2D eigenvalue weighted by molar-refractivity contribution is 0.587. The lowest BCUT2D eigenvalue weighted by Gasteiger charge is -2.10. The van der Waals surface area contributed by atoms with Crippen LogP contribution >= 0.6 is 34.0 Å². The van der Waals surface area contributed by atoms with E-state index in [1.165, 1.54) is 20.2 Å². The Morgan fingerprint density at radius 3 is 2.68 bits per heavy atom. The molecule has 0 saturated carbocycles. The van der Waals surface area contributed by atoms with Crippen LogP contribution in [0.5, 0.6) is 0 Å². The summed E-state index contributed by atoms with van der Waals surface area (Å²) < 4.78 is 0. The predicted octanol–water partition coefficient (Wildman–Crippen LogP) is 5.39. The Morgan fingerprint density at radius 2 is 1.95 bits per heavy atom. The molecule has 0 aliphatic heterocycles. The molecule has 0 radical (unpaired) electrons. The standard InChI is InChI=1S/C15H15NS3/c1-11(14-4-2-6-17-14)16-9-13-8-12(10-19-13)15-5-3-7-18-15/h2-8,10-11,16H,9H2,1H3/t11-/m0/s1. The number of hydrogen-bond donors (Lipinski definition) is 1. The van der Waals surface area contributed by atoms with Crippen molar-refractivity contribution in [2.24, 2.45) is 0 Å². The van der Waals surface area contributed by atoms with Crippen molar-refractivity contribution < 1.29 is 0 Å². The Kier molecular flexibility index (Phi) is 4.13. The second-order valence-electron chi connectivity index (χ2n) is 4.40. The fourth-order valence-electron chi connectivity index (χ4n) is 1.94. The molecule has 1 atom stereocenters. The highest BCUT2D eigenvalue weighted by atomic mass is 32.1. The van der Waals surface area contributed by atoms with Gasteiger partial charge in [-0.15, -0.1) is 34.0 Å². The quantitative estimate of drug-likeness (QED) is 0.666. The normalized spacial score (nSPS) is 12.7. The lowest BCUT2D eigenvalue weighted by Crippen LogP contribution is -2.16. The molecular weight excluding hydrogens is 290 g/mol. The summed E-state index contributed by atoms with van der Waals surface area (Å²) in [5, 5.41) is 10.1. The van der Waals surface area contributed by atoms with Crippen molar-refractivity contribution in [2.75, 3.05) is 0 Å². The van der Waals surface area contributed by atoms with Crippen molar-refractivity contribution in [3.63, 3.8) is 0 Å². The van der Waals surface area contributed by atoms with Crippen LogP contribution in [0.4, 0.5) is 0 Å². The van der Waals surface area contributed by atoms with E-state index in [2.05, 4.69) is 58.7 Å². The molecule has 98 valence electrons. The van der Waals surface area contributed by atoms with Crippen LogP contribution in [0.15, 0.2) is 46.5 Å². The van der Waals surface area contributed by atoms with Gasteiger partial charge >= 0.3 is 0 Å². The van der Waals surface area contributed by atoms with Gasteiger partial charge in [-0.3, -0.25) is 0 Å². The lowest BCUT2D eigenvalue weighted by atomic mass is 10.2. The minimum atomic E-state index is 0.423. The van der Waals surface area contributed by atoms with Crippen molar-refractivity contribution in [1.29, 1.82) is 0 Å². The van der Waals surface area contributed by atoms with E-state index in [1.807, 2.05) is 22.7 Å². The second kappa shape index (κ2) is 6.01. The first kappa shape index (κ1) is 13.1. The average Bonchev–Trinajstić information content (AvgIpc) is 3.14. The third kappa shape index (κ3) is 3.15. The van der Waals surface area contributed by atoms with E-state index in [0.29, 0.717) is 6.04 Å². The van der Waals surface area contributed by atoms with Crippen LogP contribution in [-0.4, -0.2) is 0 Å². The van der Waals surface area contributed by atoms with Gasteiger partial charge in [0.15, 0.2) is 0 Å². The molecule has 4 heteroatoms. The minimum absolute atomic E-state index is 0.423. The van der Waals surface area contributed by atoms with Gasteiger partial charge in [0.1, 0.15) is 0 Å². The van der Waals surface area contributed by atoms with Crippen LogP contribution in [0.2, 0.25) is 0 Å². The third-order valence-electron chi connectivity index (χ3n) is 3.01. The fourth-order valence-corrected chi connectivity index (χ4v) is 4.32. The highest BCUT2D eigenvalue weighted by Gasteiger charge is 2.07. The fraction of sp³-hybridized carbons (Fsp3) is 0.200. The van der Waals surface area contributed by atoms with E-state index in [9.17, 15) is 0 Å². The molecule has 0 fully saturated rings. The molecule has 0 aromatic carbocycles. The van der Waals surface area contributed by atoms with Gasteiger partial charge < -0.3 is 5.32 Å². The largest absolute Gasteiger partial charge is 0.305 e. The molecule has 1 nitrogen and oxygen atoms in total. The Bertz CT molecular complexity index is 608. The van der Waals surface area contributed by atoms with Gasteiger partial charge in [-0.1, -0.05) is 12.1 Å². The zero-order valence-electron chi connectivity index (χ0n) is 10.6. The Morgan fingerprint density at radius 1 is 1.11 bits per heavy atom. The van der Waals surface area contributed by atoms with Crippen LogP contribution in [0.1, 0.15) is 22.7 Å². The van der Waals surface area contributed by atoms with Crippen molar-refractivity contribution in [1.82, 2.24) is 5.32 Å². The maximum absolute atomic E-state index is 3.58. The average molecular weight is 305 g/mol. The molecule has 3 rings (SSSR count). The van der Waals surface area contributed by atoms with E-state index < -0.39 is 0 Å². The SMILES string of the molecule is C[C@H](NCc1cc(-c2cccs2)cs1)c1cccs1. The number of thiophene rings is 3. The van der Waals surface area contributed by atoms with Gasteiger partial charge in [-0.25, -0.2) is 0 Å². The van der Waals surface area contributed by atoms with Gasteiger partial charge in [0, 0.05) is 32.8 Å². The zero-order valence-corrected chi connectivity index (χ0v) is 13.1. The van der Waals surface area contributed by atoms with Gasteiger partial charge in [0.2, 0.25) is 0 Å². The minimum Gasteiger partial charge on any atom is -0.305 e. The summed E-state index contributed by atoms with van der Waals surface area (Å²) >= 11 is 5.45. The molecule has 0 saturated heterocycles. The topological polar surface area (TPSA) is 12.0 Å². The van der Waals surface area contributed by atoms with Crippen LogP contribution in [-0.2, 0) is 6.54 Å². The molecular formula is C15H15NS3. The highest BCUT2D eigenvalue weighted by molar-refractivity contribution is 7.14. The van der Waals surface area contributed by atoms with E-state index in [1.54, 1.807) is 11.3 Å². The third-order valence-corrected chi connectivity index (χ3v) is 5.92. The summed E-state index contributed by atoms with van der Waals surface area (Å²) in [6, 6.07) is 11.3. The van der Waals surface area contributed by atoms with E-state index in [-0.39, 0.29) is 0 Å². The zero-order chi connectivity index (χ0) is 13.1. The molecule has 0 amide bonds. The monoisotopic (exact) mass is 305 g/mol. The van der Waals surface area contributed by atoms with Gasteiger partial charge in [0.05, 0.1) is 0 Å². The van der Waals surface area contributed by atoms with Crippen LogP contribution < -0.4 is 5.32 Å². The predicted molar refractivity (Wildman–Crippen MR) is 87.2 cm³/mol. The molecule has 1 N–H and O–H groups in total. The molecule has 0 aliphatic carbocycles. The number of rotatable bonds is 5. The summed E-state index contributed by atoms with van der Waals surface area (Å²) in [7, 11) is 0. The Labute approximate surface area is 125 Å². The molecule has 0 spiro atoms. The van der Waals surface area contributed by atoms with E-state index >= 15 is 0 Å². The van der Waals surface area contributed by atoms with Crippen molar-refractivity contribution in [3.8, 4) is 10.4 Å². The number of hydrogen-bond acceptors (Lipinski definition) is 4. The molecule has 3 aromatic heterocycles. The molecule has 0 bridgehead atoms. The summed E-state index contributed by atoms with van der Waals surface area (Å²) in [5.41, 5.74) is 1.35. The van der Waals surface area contributed by atoms with Crippen LogP contribution in [0, 0.1) is 0 Å². The molecule has 0 aliphatic rings. The van der Waals surface area contributed by atoms with E-state index in [4.69, 9.17) is 0 Å². The Hall–Kier alpha value is -0.940. The maximum atomic E-state index is 3.58. The molecule has 3 aromatic rings. The first-order valence-corrected chi connectivity index (χ1v) is 8.85. The van der Waals surface area contributed by atoms with Crippen LogP contribution in [0.25, 0.3) is 10.4 Å². The molecule has 0 unspecified atom stereocenters. The first-order chi connectivity index (χ1) is 9.33. The summed E-state index contributed by atoms with van der Waals surface area (Å²) in [6.07, 6.45) is 0. The van der Waals surface area contributed by atoms with E-state index in [0.717, 1.165) is 6.54 Å².